The maximum atomic E-state index is 10.1. The summed E-state index contributed by atoms with van der Waals surface area (Å²) in [7, 11) is 0. The Morgan fingerprint density at radius 2 is 1.67 bits per heavy atom. The summed E-state index contributed by atoms with van der Waals surface area (Å²) < 4.78 is 9.72. The van der Waals surface area contributed by atoms with Gasteiger partial charge in [-0.15, -0.1) is 0 Å². The lowest BCUT2D eigenvalue weighted by Crippen LogP contribution is -2.26. The number of aliphatic carboxylic acids is 2. The third kappa shape index (κ3) is 12.8. The standard InChI is InChI=1S/C8H15NO6/c10-7(11)5-9-1-2-14-3-4-15-6-8(12)13/h9H,1-6H2,(H,10,11)(H,12,13). The molecule has 0 unspecified atom stereocenters. The zero-order valence-electron chi connectivity index (χ0n) is 8.27. The molecule has 0 atom stereocenters. The molecule has 0 amide bonds. The minimum Gasteiger partial charge on any atom is -0.480 e. The lowest BCUT2D eigenvalue weighted by molar-refractivity contribution is -0.142. The van der Waals surface area contributed by atoms with Gasteiger partial charge in [-0.1, -0.05) is 0 Å². The van der Waals surface area contributed by atoms with Crippen molar-refractivity contribution in [2.75, 3.05) is 39.5 Å². The summed E-state index contributed by atoms with van der Waals surface area (Å²) >= 11 is 0. The molecule has 15 heavy (non-hydrogen) atoms. The van der Waals surface area contributed by atoms with Crippen molar-refractivity contribution in [2.45, 2.75) is 0 Å². The van der Waals surface area contributed by atoms with Crippen LogP contribution in [0.5, 0.6) is 0 Å². The van der Waals surface area contributed by atoms with Crippen molar-refractivity contribution in [2.24, 2.45) is 0 Å². The molecule has 0 aliphatic heterocycles. The molecule has 0 bridgehead atoms. The van der Waals surface area contributed by atoms with E-state index in [2.05, 4.69) is 5.32 Å². The Hall–Kier alpha value is -1.18. The molecule has 0 saturated heterocycles. The number of rotatable bonds is 10. The van der Waals surface area contributed by atoms with Crippen LogP contribution in [0.3, 0.4) is 0 Å². The van der Waals surface area contributed by atoms with Crippen molar-refractivity contribution >= 4 is 11.9 Å². The van der Waals surface area contributed by atoms with Crippen LogP contribution >= 0.6 is 0 Å². The average Bonchev–Trinajstić information content (AvgIpc) is 2.14. The van der Waals surface area contributed by atoms with Crippen LogP contribution in [0, 0.1) is 0 Å². The molecule has 0 aromatic carbocycles. The zero-order valence-corrected chi connectivity index (χ0v) is 8.27. The summed E-state index contributed by atoms with van der Waals surface area (Å²) in [6.07, 6.45) is 0. The van der Waals surface area contributed by atoms with Gasteiger partial charge in [0.2, 0.25) is 0 Å². The fourth-order valence-electron chi connectivity index (χ4n) is 0.719. The Bertz CT molecular complexity index is 176. The molecular weight excluding hydrogens is 206 g/mol. The summed E-state index contributed by atoms with van der Waals surface area (Å²) in [6.45, 7) is 0.877. The van der Waals surface area contributed by atoms with Gasteiger partial charge in [0.05, 0.1) is 26.4 Å². The van der Waals surface area contributed by atoms with Crippen LogP contribution in [0.1, 0.15) is 0 Å². The molecule has 0 radical (unpaired) electrons. The van der Waals surface area contributed by atoms with Crippen LogP contribution < -0.4 is 5.32 Å². The third-order valence-corrected chi connectivity index (χ3v) is 1.30. The molecule has 0 spiro atoms. The third-order valence-electron chi connectivity index (χ3n) is 1.30. The first kappa shape index (κ1) is 13.8. The van der Waals surface area contributed by atoms with E-state index in [4.69, 9.17) is 19.7 Å². The molecule has 0 fully saturated rings. The molecule has 7 heteroatoms. The van der Waals surface area contributed by atoms with E-state index < -0.39 is 11.9 Å². The van der Waals surface area contributed by atoms with Gasteiger partial charge in [0, 0.05) is 6.54 Å². The van der Waals surface area contributed by atoms with E-state index in [1.54, 1.807) is 0 Å². The highest BCUT2D eigenvalue weighted by molar-refractivity contribution is 5.69. The minimum absolute atomic E-state index is 0.0983. The fourth-order valence-corrected chi connectivity index (χ4v) is 0.719. The van der Waals surface area contributed by atoms with Crippen LogP contribution in [0.2, 0.25) is 0 Å². The number of carboxylic acids is 2. The van der Waals surface area contributed by atoms with Crippen LogP contribution in [0.15, 0.2) is 0 Å². The van der Waals surface area contributed by atoms with Crippen molar-refractivity contribution in [1.82, 2.24) is 5.32 Å². The van der Waals surface area contributed by atoms with E-state index in [1.807, 2.05) is 0 Å². The Morgan fingerprint density at radius 3 is 2.27 bits per heavy atom. The molecule has 0 heterocycles. The summed E-state index contributed by atoms with van der Waals surface area (Å²) in [4.78, 5) is 20.1. The van der Waals surface area contributed by atoms with Crippen LogP contribution in [-0.4, -0.2) is 61.7 Å². The minimum atomic E-state index is -1.02. The number of hydrogen-bond acceptors (Lipinski definition) is 5. The second kappa shape index (κ2) is 9.38. The van der Waals surface area contributed by atoms with E-state index in [0.717, 1.165) is 0 Å². The Labute approximate surface area is 87.0 Å². The lowest BCUT2D eigenvalue weighted by atomic mass is 10.6. The van der Waals surface area contributed by atoms with Gasteiger partial charge in [-0.05, 0) is 0 Å². The van der Waals surface area contributed by atoms with Crippen molar-refractivity contribution in [3.05, 3.63) is 0 Å². The highest BCUT2D eigenvalue weighted by Gasteiger charge is 1.96. The molecule has 0 aliphatic rings. The first-order valence-corrected chi connectivity index (χ1v) is 4.42. The number of carbonyl (C=O) groups is 2. The number of ether oxygens (including phenoxy) is 2. The van der Waals surface area contributed by atoms with Crippen molar-refractivity contribution in [3.8, 4) is 0 Å². The Kier molecular flexibility index (Phi) is 8.64. The molecule has 88 valence electrons. The Balaban J connectivity index is 2.99. The maximum Gasteiger partial charge on any atom is 0.329 e. The van der Waals surface area contributed by atoms with E-state index in [-0.39, 0.29) is 19.8 Å². The lowest BCUT2D eigenvalue weighted by Gasteiger charge is -2.04. The van der Waals surface area contributed by atoms with E-state index >= 15 is 0 Å². The van der Waals surface area contributed by atoms with Gasteiger partial charge in [0.25, 0.3) is 0 Å². The molecule has 0 rings (SSSR count). The zero-order chi connectivity index (χ0) is 11.5. The number of carboxylic acid groups (broad SMARTS) is 2. The second-order valence-corrected chi connectivity index (χ2v) is 2.63. The molecule has 0 aliphatic carbocycles. The quantitative estimate of drug-likeness (QED) is 0.397. The highest BCUT2D eigenvalue weighted by Crippen LogP contribution is 1.78. The van der Waals surface area contributed by atoms with Crippen LogP contribution in [0.25, 0.3) is 0 Å². The van der Waals surface area contributed by atoms with E-state index in [9.17, 15) is 9.59 Å². The van der Waals surface area contributed by atoms with Gasteiger partial charge in [0.1, 0.15) is 6.61 Å². The van der Waals surface area contributed by atoms with Gasteiger partial charge in [-0.3, -0.25) is 4.79 Å². The number of nitrogens with one attached hydrogen (secondary N) is 1. The van der Waals surface area contributed by atoms with Crippen molar-refractivity contribution in [1.29, 1.82) is 0 Å². The summed E-state index contributed by atoms with van der Waals surface area (Å²) in [5, 5.41) is 19.1. The van der Waals surface area contributed by atoms with Crippen LogP contribution in [-0.2, 0) is 19.1 Å². The SMILES string of the molecule is O=C(O)CNCCOCCOCC(=O)O. The predicted molar refractivity (Wildman–Crippen MR) is 49.8 cm³/mol. The van der Waals surface area contributed by atoms with E-state index in [1.165, 1.54) is 0 Å². The molecule has 7 nitrogen and oxygen atoms in total. The first-order valence-electron chi connectivity index (χ1n) is 4.42. The monoisotopic (exact) mass is 221 g/mol. The maximum absolute atomic E-state index is 10.1. The number of hydrogen-bond donors (Lipinski definition) is 3. The second-order valence-electron chi connectivity index (χ2n) is 2.63. The Morgan fingerprint density at radius 1 is 1.00 bits per heavy atom. The molecule has 0 aromatic rings. The molecule has 0 aromatic heterocycles. The molecule has 3 N–H and O–H groups in total. The topological polar surface area (TPSA) is 105 Å². The average molecular weight is 221 g/mol. The highest BCUT2D eigenvalue weighted by atomic mass is 16.5. The molecule has 0 saturated carbocycles. The van der Waals surface area contributed by atoms with E-state index in [0.29, 0.717) is 19.8 Å². The van der Waals surface area contributed by atoms with Crippen molar-refractivity contribution < 1.29 is 29.3 Å². The smallest absolute Gasteiger partial charge is 0.329 e. The summed E-state index contributed by atoms with van der Waals surface area (Å²) in [5.41, 5.74) is 0. The van der Waals surface area contributed by atoms with Crippen LogP contribution in [0.4, 0.5) is 0 Å². The normalized spacial score (nSPS) is 10.1. The largest absolute Gasteiger partial charge is 0.480 e. The summed E-state index contributed by atoms with van der Waals surface area (Å²) in [5.74, 6) is -1.93. The van der Waals surface area contributed by atoms with Gasteiger partial charge in [-0.25, -0.2) is 4.79 Å². The fraction of sp³-hybridized carbons (Fsp3) is 0.750. The first-order chi connectivity index (χ1) is 7.13. The van der Waals surface area contributed by atoms with Crippen molar-refractivity contribution in [3.63, 3.8) is 0 Å². The molecular formula is C8H15NO6. The van der Waals surface area contributed by atoms with Gasteiger partial charge >= 0.3 is 11.9 Å². The predicted octanol–water partition coefficient (Wildman–Crippen LogP) is -1.22. The van der Waals surface area contributed by atoms with Gasteiger partial charge < -0.3 is 25.0 Å². The van der Waals surface area contributed by atoms with Gasteiger partial charge in [0.15, 0.2) is 0 Å². The summed E-state index contributed by atoms with van der Waals surface area (Å²) in [6, 6.07) is 0. The van der Waals surface area contributed by atoms with Gasteiger partial charge in [-0.2, -0.15) is 0 Å².